The van der Waals surface area contributed by atoms with Crippen LogP contribution in [0.15, 0.2) is 0 Å². The fourth-order valence-electron chi connectivity index (χ4n) is 2.70. The molecular formula is C18H38O5S. The first-order valence-corrected chi connectivity index (χ1v) is 11.1. The highest BCUT2D eigenvalue weighted by Crippen LogP contribution is 2.12. The van der Waals surface area contributed by atoms with Gasteiger partial charge >= 0.3 is 10.4 Å². The number of hydrogen-bond donors (Lipinski definition) is 1. The van der Waals surface area contributed by atoms with Crippen LogP contribution >= 0.6 is 0 Å². The van der Waals surface area contributed by atoms with Crippen molar-refractivity contribution in [2.24, 2.45) is 0 Å². The van der Waals surface area contributed by atoms with Crippen LogP contribution in [0.1, 0.15) is 96.8 Å². The summed E-state index contributed by atoms with van der Waals surface area (Å²) in [7, 11) is -4.33. The molecule has 0 saturated heterocycles. The normalized spacial score (nSPS) is 11.9. The monoisotopic (exact) mass is 366 g/mol. The van der Waals surface area contributed by atoms with E-state index in [0.717, 1.165) is 12.8 Å². The van der Waals surface area contributed by atoms with Crippen LogP contribution in [0, 0.1) is 0 Å². The third-order valence-electron chi connectivity index (χ3n) is 4.10. The average molecular weight is 367 g/mol. The lowest BCUT2D eigenvalue weighted by molar-refractivity contribution is 0.0945. The second kappa shape index (κ2) is 17.6. The molecule has 0 aliphatic carbocycles. The van der Waals surface area contributed by atoms with Gasteiger partial charge in [-0.1, -0.05) is 90.4 Å². The molecule has 0 aromatic heterocycles. The molecule has 24 heavy (non-hydrogen) atoms. The van der Waals surface area contributed by atoms with E-state index in [-0.39, 0.29) is 13.2 Å². The molecule has 0 radical (unpaired) electrons. The molecule has 0 bridgehead atoms. The first kappa shape index (κ1) is 23.8. The van der Waals surface area contributed by atoms with E-state index in [2.05, 4.69) is 11.1 Å². The third kappa shape index (κ3) is 21.8. The quantitative estimate of drug-likeness (QED) is 0.248. The van der Waals surface area contributed by atoms with Crippen LogP contribution in [0.25, 0.3) is 0 Å². The molecule has 0 atom stereocenters. The summed E-state index contributed by atoms with van der Waals surface area (Å²) in [5.41, 5.74) is 0. The molecule has 1 N–H and O–H groups in total. The van der Waals surface area contributed by atoms with Crippen LogP contribution in [0.3, 0.4) is 0 Å². The van der Waals surface area contributed by atoms with Gasteiger partial charge in [0.2, 0.25) is 0 Å². The molecule has 146 valence electrons. The standard InChI is InChI=1S/C18H38O5S/c1-2-3-4-5-6-7-8-9-10-11-12-13-14-15-16-22-17-18-23-24(19,20)21/h2-18H2,1H3,(H,19,20,21). The van der Waals surface area contributed by atoms with Crippen molar-refractivity contribution in [1.29, 1.82) is 0 Å². The van der Waals surface area contributed by atoms with Gasteiger partial charge in [0.15, 0.2) is 0 Å². The molecule has 6 heteroatoms. The highest BCUT2D eigenvalue weighted by atomic mass is 32.3. The van der Waals surface area contributed by atoms with Crippen molar-refractivity contribution in [3.05, 3.63) is 0 Å². The van der Waals surface area contributed by atoms with Gasteiger partial charge in [0.25, 0.3) is 0 Å². The van der Waals surface area contributed by atoms with Gasteiger partial charge in [-0.05, 0) is 6.42 Å². The Morgan fingerprint density at radius 2 is 1.04 bits per heavy atom. The Bertz CT molecular complexity index is 343. The Hall–Kier alpha value is -0.170. The molecule has 0 aliphatic heterocycles. The summed E-state index contributed by atoms with van der Waals surface area (Å²) in [4.78, 5) is 0. The van der Waals surface area contributed by atoms with Crippen molar-refractivity contribution in [1.82, 2.24) is 0 Å². The predicted octanol–water partition coefficient (Wildman–Crippen LogP) is 5.30. The molecular weight excluding hydrogens is 328 g/mol. The predicted molar refractivity (Wildman–Crippen MR) is 98.6 cm³/mol. The van der Waals surface area contributed by atoms with Crippen molar-refractivity contribution >= 4 is 10.4 Å². The smallest absolute Gasteiger partial charge is 0.379 e. The Kier molecular flexibility index (Phi) is 17.5. The van der Waals surface area contributed by atoms with E-state index < -0.39 is 10.4 Å². The van der Waals surface area contributed by atoms with Gasteiger partial charge in [0, 0.05) is 6.61 Å². The number of ether oxygens (including phenoxy) is 1. The van der Waals surface area contributed by atoms with Crippen LogP contribution in [-0.4, -0.2) is 32.8 Å². The van der Waals surface area contributed by atoms with Gasteiger partial charge in [0.05, 0.1) is 13.2 Å². The SMILES string of the molecule is CCCCCCCCCCCCCCCCOCCOS(=O)(=O)O. The molecule has 0 unspecified atom stereocenters. The van der Waals surface area contributed by atoms with Crippen molar-refractivity contribution in [3.8, 4) is 0 Å². The van der Waals surface area contributed by atoms with Crippen molar-refractivity contribution in [2.75, 3.05) is 19.8 Å². The van der Waals surface area contributed by atoms with Crippen molar-refractivity contribution < 1.29 is 21.9 Å². The van der Waals surface area contributed by atoms with Gasteiger partial charge in [-0.3, -0.25) is 4.55 Å². The lowest BCUT2D eigenvalue weighted by atomic mass is 10.0. The van der Waals surface area contributed by atoms with Crippen LogP contribution < -0.4 is 0 Å². The van der Waals surface area contributed by atoms with Gasteiger partial charge in [0.1, 0.15) is 0 Å². The summed E-state index contributed by atoms with van der Waals surface area (Å²) in [5.74, 6) is 0. The first-order chi connectivity index (χ1) is 11.6. The van der Waals surface area contributed by atoms with Crippen LogP contribution in [0.4, 0.5) is 0 Å². The summed E-state index contributed by atoms with van der Waals surface area (Å²) in [6.07, 6.45) is 18.5. The maximum atomic E-state index is 10.3. The Morgan fingerprint density at radius 1 is 0.625 bits per heavy atom. The molecule has 0 aromatic rings. The molecule has 0 fully saturated rings. The summed E-state index contributed by atoms with van der Waals surface area (Å²) < 4.78 is 38.3. The van der Waals surface area contributed by atoms with E-state index >= 15 is 0 Å². The molecule has 0 heterocycles. The molecule has 0 spiro atoms. The van der Waals surface area contributed by atoms with Gasteiger partial charge in [-0.2, -0.15) is 8.42 Å². The van der Waals surface area contributed by atoms with Crippen LogP contribution in [-0.2, 0) is 19.3 Å². The zero-order valence-corrected chi connectivity index (χ0v) is 16.3. The molecule has 0 saturated carbocycles. The Labute approximate surface area is 149 Å². The summed E-state index contributed by atoms with van der Waals surface area (Å²) in [5, 5.41) is 0. The lowest BCUT2D eigenvalue weighted by Gasteiger charge is -2.04. The van der Waals surface area contributed by atoms with Crippen LogP contribution in [0.2, 0.25) is 0 Å². The largest absolute Gasteiger partial charge is 0.397 e. The lowest BCUT2D eigenvalue weighted by Crippen LogP contribution is -2.10. The van der Waals surface area contributed by atoms with E-state index in [0.29, 0.717) is 6.61 Å². The van der Waals surface area contributed by atoms with Gasteiger partial charge in [-0.15, -0.1) is 0 Å². The summed E-state index contributed by atoms with van der Waals surface area (Å²) in [6, 6.07) is 0. The number of unbranched alkanes of at least 4 members (excludes halogenated alkanes) is 13. The average Bonchev–Trinajstić information content (AvgIpc) is 2.52. The second-order valence-electron chi connectivity index (χ2n) is 6.46. The van der Waals surface area contributed by atoms with Crippen LogP contribution in [0.5, 0.6) is 0 Å². The highest BCUT2D eigenvalue weighted by Gasteiger charge is 2.02. The van der Waals surface area contributed by atoms with E-state index in [4.69, 9.17) is 9.29 Å². The molecule has 0 amide bonds. The molecule has 0 rings (SSSR count). The Morgan fingerprint density at radius 3 is 1.46 bits per heavy atom. The molecule has 0 aliphatic rings. The highest BCUT2D eigenvalue weighted by molar-refractivity contribution is 7.80. The van der Waals surface area contributed by atoms with Crippen molar-refractivity contribution in [2.45, 2.75) is 96.8 Å². The zero-order chi connectivity index (χ0) is 17.9. The third-order valence-corrected chi connectivity index (χ3v) is 4.57. The maximum absolute atomic E-state index is 10.3. The van der Waals surface area contributed by atoms with Gasteiger partial charge in [-0.25, -0.2) is 4.18 Å². The second-order valence-corrected chi connectivity index (χ2v) is 7.55. The number of rotatable bonds is 19. The van der Waals surface area contributed by atoms with Crippen molar-refractivity contribution in [3.63, 3.8) is 0 Å². The fraction of sp³-hybridized carbons (Fsp3) is 1.00. The summed E-state index contributed by atoms with van der Waals surface area (Å²) >= 11 is 0. The zero-order valence-electron chi connectivity index (χ0n) is 15.5. The maximum Gasteiger partial charge on any atom is 0.397 e. The minimum absolute atomic E-state index is 0.128. The topological polar surface area (TPSA) is 72.8 Å². The minimum Gasteiger partial charge on any atom is -0.379 e. The summed E-state index contributed by atoms with van der Waals surface area (Å²) in [6.45, 7) is 2.94. The van der Waals surface area contributed by atoms with E-state index in [1.54, 1.807) is 0 Å². The van der Waals surface area contributed by atoms with E-state index in [1.165, 1.54) is 77.0 Å². The van der Waals surface area contributed by atoms with Gasteiger partial charge < -0.3 is 4.74 Å². The Balaban J connectivity index is 3.03. The van der Waals surface area contributed by atoms with E-state index in [1.807, 2.05) is 0 Å². The first-order valence-electron chi connectivity index (χ1n) is 9.76. The molecule has 5 nitrogen and oxygen atoms in total. The minimum atomic E-state index is -4.33. The number of hydrogen-bond acceptors (Lipinski definition) is 4. The molecule has 0 aromatic carbocycles. The van der Waals surface area contributed by atoms with E-state index in [9.17, 15) is 8.42 Å². The fourth-order valence-corrected chi connectivity index (χ4v) is 2.98.